The molecule has 1 aromatic carbocycles. The summed E-state index contributed by atoms with van der Waals surface area (Å²) < 4.78 is 5.89. The normalized spacial score (nSPS) is 18.7. The summed E-state index contributed by atoms with van der Waals surface area (Å²) in [6, 6.07) is 7.78. The Bertz CT molecular complexity index is 477. The summed E-state index contributed by atoms with van der Waals surface area (Å²) in [6.45, 7) is 2.10. The minimum absolute atomic E-state index is 0.0143. The number of esters is 1. The third kappa shape index (κ3) is 3.51. The largest absolute Gasteiger partial charge is 0.465 e. The Kier molecular flexibility index (Phi) is 4.87. The average Bonchev–Trinajstić information content (AvgIpc) is 2.73. The van der Waals surface area contributed by atoms with Crippen LogP contribution in [0.25, 0.3) is 0 Å². The molecule has 1 aliphatic heterocycles. The number of carbonyl (C=O) groups excluding carboxylic acids is 2. The smallest absolute Gasteiger partial charge is 0.325 e. The molecule has 0 aromatic heterocycles. The van der Waals surface area contributed by atoms with E-state index in [0.29, 0.717) is 12.4 Å². The first-order valence-electron chi connectivity index (χ1n) is 5.94. The van der Waals surface area contributed by atoms with Gasteiger partial charge in [0.2, 0.25) is 5.91 Å². The molecule has 102 valence electrons. The molecule has 1 heterocycles. The molecule has 1 aromatic rings. The highest BCUT2D eigenvalue weighted by atomic mass is 79.9. The van der Waals surface area contributed by atoms with Gasteiger partial charge in [-0.05, 0) is 24.6 Å². The monoisotopic (exact) mass is 343 g/mol. The molecule has 6 heteroatoms. The Hall–Kier alpha value is -1.01. The van der Waals surface area contributed by atoms with E-state index in [1.165, 1.54) is 11.8 Å². The highest BCUT2D eigenvalue weighted by Crippen LogP contribution is 2.38. The number of carbonyl (C=O) groups is 2. The van der Waals surface area contributed by atoms with Crippen molar-refractivity contribution in [2.24, 2.45) is 0 Å². The maximum Gasteiger partial charge on any atom is 0.325 e. The second-order valence-electron chi connectivity index (χ2n) is 4.04. The summed E-state index contributed by atoms with van der Waals surface area (Å²) >= 11 is 4.91. The molecule has 19 heavy (non-hydrogen) atoms. The first kappa shape index (κ1) is 14.4. The number of ether oxygens (including phenoxy) is 1. The van der Waals surface area contributed by atoms with Gasteiger partial charge in [-0.1, -0.05) is 28.1 Å². The Balaban J connectivity index is 2.12. The first-order chi connectivity index (χ1) is 9.11. The van der Waals surface area contributed by atoms with Gasteiger partial charge in [0.25, 0.3) is 0 Å². The van der Waals surface area contributed by atoms with Gasteiger partial charge in [-0.15, -0.1) is 11.8 Å². The Morgan fingerprint density at radius 3 is 2.79 bits per heavy atom. The van der Waals surface area contributed by atoms with Crippen LogP contribution < -0.4 is 0 Å². The fraction of sp³-hybridized carbons (Fsp3) is 0.385. The fourth-order valence-corrected chi connectivity index (χ4v) is 3.33. The number of thioether (sulfide) groups is 1. The molecule has 0 N–H and O–H groups in total. The molecule has 4 nitrogen and oxygen atoms in total. The van der Waals surface area contributed by atoms with Crippen molar-refractivity contribution in [1.29, 1.82) is 0 Å². The molecule has 0 spiro atoms. The summed E-state index contributed by atoms with van der Waals surface area (Å²) in [7, 11) is 0. The molecule has 1 aliphatic rings. The molecule has 0 aliphatic carbocycles. The Labute approximate surface area is 124 Å². The molecule has 1 saturated heterocycles. The summed E-state index contributed by atoms with van der Waals surface area (Å²) in [5.41, 5.74) is 1.02. The fourth-order valence-electron chi connectivity index (χ4n) is 1.87. The number of amides is 1. The third-order valence-corrected chi connectivity index (χ3v) is 4.51. The van der Waals surface area contributed by atoms with Crippen LogP contribution in [0.2, 0.25) is 0 Å². The van der Waals surface area contributed by atoms with Crippen molar-refractivity contribution in [3.05, 3.63) is 34.3 Å². The molecule has 0 unspecified atom stereocenters. The molecular formula is C13H14BrNO3S. The molecule has 0 bridgehead atoms. The van der Waals surface area contributed by atoms with E-state index in [-0.39, 0.29) is 23.8 Å². The van der Waals surface area contributed by atoms with Crippen LogP contribution >= 0.6 is 27.7 Å². The van der Waals surface area contributed by atoms with Crippen LogP contribution in [0, 0.1) is 0 Å². The van der Waals surface area contributed by atoms with Crippen LogP contribution in [0.1, 0.15) is 17.9 Å². The highest BCUT2D eigenvalue weighted by Gasteiger charge is 2.34. The van der Waals surface area contributed by atoms with Gasteiger partial charge < -0.3 is 9.64 Å². The van der Waals surface area contributed by atoms with Crippen LogP contribution in [0.5, 0.6) is 0 Å². The zero-order valence-electron chi connectivity index (χ0n) is 10.5. The number of rotatable bonds is 4. The van der Waals surface area contributed by atoms with Crippen molar-refractivity contribution in [2.45, 2.75) is 12.3 Å². The number of nitrogens with zero attached hydrogens (tertiary/aromatic N) is 1. The van der Waals surface area contributed by atoms with E-state index in [9.17, 15) is 9.59 Å². The van der Waals surface area contributed by atoms with Crippen LogP contribution in [0.3, 0.4) is 0 Å². The van der Waals surface area contributed by atoms with Crippen LogP contribution in [0.15, 0.2) is 28.7 Å². The van der Waals surface area contributed by atoms with Gasteiger partial charge in [-0.2, -0.15) is 0 Å². The maximum atomic E-state index is 11.9. The van der Waals surface area contributed by atoms with Crippen LogP contribution in [-0.2, 0) is 14.3 Å². The second kappa shape index (κ2) is 6.43. The topological polar surface area (TPSA) is 46.6 Å². The van der Waals surface area contributed by atoms with Crippen molar-refractivity contribution in [1.82, 2.24) is 4.90 Å². The average molecular weight is 344 g/mol. The minimum atomic E-state index is -0.361. The summed E-state index contributed by atoms with van der Waals surface area (Å²) in [5.74, 6) is 0.0200. The molecule has 2 rings (SSSR count). The first-order valence-corrected chi connectivity index (χ1v) is 7.78. The maximum absolute atomic E-state index is 11.9. The highest BCUT2D eigenvalue weighted by molar-refractivity contribution is 9.10. The number of benzene rings is 1. The molecule has 0 saturated carbocycles. The lowest BCUT2D eigenvalue weighted by Gasteiger charge is -2.23. The molecule has 1 atom stereocenters. The standard InChI is InChI=1S/C13H14BrNO3S/c1-2-18-12(17)7-15-11(16)8-19-13(15)9-3-5-10(14)6-4-9/h3-6,13H,2,7-8H2,1H3/t13-/m1/s1. The van der Waals surface area contributed by atoms with Crippen molar-refractivity contribution in [3.8, 4) is 0 Å². The zero-order chi connectivity index (χ0) is 13.8. The Morgan fingerprint density at radius 2 is 2.16 bits per heavy atom. The van der Waals surface area contributed by atoms with Crippen LogP contribution in [0.4, 0.5) is 0 Å². The summed E-state index contributed by atoms with van der Waals surface area (Å²) in [5, 5.41) is -0.106. The SMILES string of the molecule is CCOC(=O)CN1C(=O)CS[C@@H]1c1ccc(Br)cc1. The van der Waals surface area contributed by atoms with Gasteiger partial charge in [-0.25, -0.2) is 0 Å². The van der Waals surface area contributed by atoms with Crippen molar-refractivity contribution >= 4 is 39.6 Å². The quantitative estimate of drug-likeness (QED) is 0.788. The van der Waals surface area contributed by atoms with Gasteiger partial charge in [0.05, 0.1) is 12.4 Å². The lowest BCUT2D eigenvalue weighted by Crippen LogP contribution is -2.34. The number of hydrogen-bond donors (Lipinski definition) is 0. The molecule has 1 fully saturated rings. The minimum Gasteiger partial charge on any atom is -0.465 e. The van der Waals surface area contributed by atoms with E-state index < -0.39 is 0 Å². The zero-order valence-corrected chi connectivity index (χ0v) is 12.9. The summed E-state index contributed by atoms with van der Waals surface area (Å²) in [6.07, 6.45) is 0. The van der Waals surface area contributed by atoms with Crippen molar-refractivity contribution < 1.29 is 14.3 Å². The van der Waals surface area contributed by atoms with E-state index >= 15 is 0 Å². The van der Waals surface area contributed by atoms with E-state index in [2.05, 4.69) is 15.9 Å². The van der Waals surface area contributed by atoms with E-state index in [4.69, 9.17) is 4.74 Å². The Morgan fingerprint density at radius 1 is 1.47 bits per heavy atom. The van der Waals surface area contributed by atoms with Crippen LogP contribution in [-0.4, -0.2) is 35.7 Å². The lowest BCUT2D eigenvalue weighted by molar-refractivity contribution is -0.148. The van der Waals surface area contributed by atoms with E-state index in [1.54, 1.807) is 11.8 Å². The molecule has 1 amide bonds. The second-order valence-corrected chi connectivity index (χ2v) is 6.03. The van der Waals surface area contributed by atoms with E-state index in [0.717, 1.165) is 10.0 Å². The van der Waals surface area contributed by atoms with Gasteiger partial charge >= 0.3 is 5.97 Å². The number of hydrogen-bond acceptors (Lipinski definition) is 4. The van der Waals surface area contributed by atoms with Gasteiger partial charge in [0.1, 0.15) is 11.9 Å². The third-order valence-electron chi connectivity index (χ3n) is 2.73. The predicted octanol–water partition coefficient (Wildman–Crippen LogP) is 2.59. The predicted molar refractivity (Wildman–Crippen MR) is 77.7 cm³/mol. The molecular weight excluding hydrogens is 330 g/mol. The van der Waals surface area contributed by atoms with Gasteiger partial charge in [0.15, 0.2) is 0 Å². The van der Waals surface area contributed by atoms with Crippen molar-refractivity contribution in [2.75, 3.05) is 18.9 Å². The van der Waals surface area contributed by atoms with E-state index in [1.807, 2.05) is 24.3 Å². The van der Waals surface area contributed by atoms with Gasteiger partial charge in [0, 0.05) is 4.47 Å². The van der Waals surface area contributed by atoms with Crippen molar-refractivity contribution in [3.63, 3.8) is 0 Å². The number of halogens is 1. The lowest BCUT2D eigenvalue weighted by atomic mass is 10.2. The summed E-state index contributed by atoms with van der Waals surface area (Å²) in [4.78, 5) is 25.0. The van der Waals surface area contributed by atoms with Gasteiger partial charge in [-0.3, -0.25) is 9.59 Å². The molecule has 0 radical (unpaired) electrons.